The van der Waals surface area contributed by atoms with E-state index in [1.807, 2.05) is 6.92 Å². The van der Waals surface area contributed by atoms with Gasteiger partial charge in [-0.15, -0.1) is 0 Å². The number of methoxy groups -OCH3 is 1. The molecule has 1 spiro atoms. The Bertz CT molecular complexity index is 820. The van der Waals surface area contributed by atoms with E-state index >= 15 is 0 Å². The third-order valence-electron chi connectivity index (χ3n) is 9.91. The van der Waals surface area contributed by atoms with Gasteiger partial charge in [0.25, 0.3) is 0 Å². The molecule has 4 aliphatic heterocycles. The van der Waals surface area contributed by atoms with Crippen LogP contribution in [-0.4, -0.2) is 47.7 Å². The molecule has 2 aliphatic carbocycles. The van der Waals surface area contributed by atoms with Gasteiger partial charge >= 0.3 is 5.97 Å². The second-order valence-electron chi connectivity index (χ2n) is 11.7. The van der Waals surface area contributed by atoms with Crippen LogP contribution in [-0.2, 0) is 33.8 Å². The van der Waals surface area contributed by atoms with Gasteiger partial charge in [0.1, 0.15) is 22.9 Å². The zero-order valence-electron chi connectivity index (χ0n) is 20.5. The summed E-state index contributed by atoms with van der Waals surface area (Å²) >= 11 is 0. The van der Waals surface area contributed by atoms with Gasteiger partial charge in [0.2, 0.25) is 0 Å². The number of rotatable bonds is 3. The van der Waals surface area contributed by atoms with Crippen molar-refractivity contribution < 1.29 is 33.8 Å². The highest BCUT2D eigenvalue weighted by molar-refractivity contribution is 5.72. The maximum Gasteiger partial charge on any atom is 0.311 e. The minimum Gasteiger partial charge on any atom is -0.469 e. The summed E-state index contributed by atoms with van der Waals surface area (Å²) in [6, 6.07) is 0. The van der Waals surface area contributed by atoms with Crippen molar-refractivity contribution in [3.05, 3.63) is 11.6 Å². The van der Waals surface area contributed by atoms with Crippen LogP contribution in [0.4, 0.5) is 0 Å². The van der Waals surface area contributed by atoms with Gasteiger partial charge in [-0.2, -0.15) is 0 Å². The maximum atomic E-state index is 11.9. The number of carbonyl (C=O) groups is 1. The average molecular weight is 451 g/mol. The van der Waals surface area contributed by atoms with Crippen molar-refractivity contribution in [2.24, 2.45) is 17.3 Å². The highest BCUT2D eigenvalue weighted by atomic mass is 17.2. The molecular formula is C25H38O7. The summed E-state index contributed by atoms with van der Waals surface area (Å²) in [6.07, 6.45) is 6.95. The number of carbonyl (C=O) groups excluding carboxylic acids is 1. The SMILES string of the molecule is COC(=O)[C@H](C)[C@H]1CC[C@](C)([C@H]2C[C@@]3(C)[C@H](C)CC4=C[C@]5(C)CC[C@]4(OO5)[C@@]3(C)O2)OO1. The lowest BCUT2D eigenvalue weighted by Gasteiger charge is -2.63. The molecule has 2 bridgehead atoms. The van der Waals surface area contributed by atoms with Crippen molar-refractivity contribution in [1.82, 2.24) is 0 Å². The molecule has 6 rings (SSSR count). The predicted octanol–water partition coefficient (Wildman–Crippen LogP) is 4.44. The van der Waals surface area contributed by atoms with E-state index in [2.05, 4.69) is 40.7 Å². The summed E-state index contributed by atoms with van der Waals surface area (Å²) in [6.45, 7) is 12.9. The Labute approximate surface area is 190 Å². The van der Waals surface area contributed by atoms with Crippen molar-refractivity contribution >= 4 is 5.97 Å². The molecule has 4 heterocycles. The zero-order chi connectivity index (χ0) is 23.2. The number of esters is 1. The first-order chi connectivity index (χ1) is 14.9. The molecule has 0 aromatic heterocycles. The van der Waals surface area contributed by atoms with Crippen LogP contribution in [0.3, 0.4) is 0 Å². The first kappa shape index (κ1) is 22.8. The van der Waals surface area contributed by atoms with Gasteiger partial charge in [0.15, 0.2) is 5.60 Å². The fourth-order valence-corrected chi connectivity index (χ4v) is 7.06. The first-order valence-electron chi connectivity index (χ1n) is 12.1. The van der Waals surface area contributed by atoms with Gasteiger partial charge in [-0.05, 0) is 83.8 Å². The second kappa shape index (κ2) is 7.01. The van der Waals surface area contributed by atoms with E-state index in [-0.39, 0.29) is 35.1 Å². The minimum absolute atomic E-state index is 0.105. The highest BCUT2D eigenvalue weighted by Crippen LogP contribution is 2.69. The number of fused-ring (bicyclic) bond motifs is 3. The second-order valence-corrected chi connectivity index (χ2v) is 11.7. The van der Waals surface area contributed by atoms with Crippen molar-refractivity contribution in [2.75, 3.05) is 7.11 Å². The molecule has 7 heteroatoms. The molecule has 4 fully saturated rings. The van der Waals surface area contributed by atoms with Gasteiger partial charge < -0.3 is 9.47 Å². The Hall–Kier alpha value is -0.990. The Morgan fingerprint density at radius 2 is 1.88 bits per heavy atom. The quantitative estimate of drug-likeness (QED) is 0.358. The largest absolute Gasteiger partial charge is 0.469 e. The van der Waals surface area contributed by atoms with Crippen LogP contribution in [0.15, 0.2) is 11.6 Å². The van der Waals surface area contributed by atoms with E-state index in [1.54, 1.807) is 0 Å². The van der Waals surface area contributed by atoms with E-state index in [0.29, 0.717) is 12.3 Å². The van der Waals surface area contributed by atoms with E-state index in [0.717, 1.165) is 32.1 Å². The zero-order valence-corrected chi connectivity index (χ0v) is 20.5. The molecule has 32 heavy (non-hydrogen) atoms. The number of hydrogen-bond donors (Lipinski definition) is 0. The molecule has 0 aromatic carbocycles. The topological polar surface area (TPSA) is 72.5 Å². The van der Waals surface area contributed by atoms with E-state index in [9.17, 15) is 4.79 Å². The average Bonchev–Trinajstić information content (AvgIpc) is 3.08. The first-order valence-corrected chi connectivity index (χ1v) is 12.1. The summed E-state index contributed by atoms with van der Waals surface area (Å²) < 4.78 is 11.9. The molecular weight excluding hydrogens is 412 g/mol. The lowest BCUT2D eigenvalue weighted by atomic mass is 9.49. The standard InChI is InChI=1S/C25H38O7/c1-15-12-17-13-21(3)10-11-25(17,32-30-21)24(6)22(15,4)14-19(28-24)23(5)9-8-18(29-31-23)16(2)20(26)27-7/h13,15-16,18-19H,8-12,14H2,1-7H3/t15-,16-,18-,19-,21+,22+,23-,24+,25-/m1/s1. The molecule has 6 aliphatic rings. The Morgan fingerprint density at radius 3 is 2.47 bits per heavy atom. The number of hydrogen-bond acceptors (Lipinski definition) is 7. The van der Waals surface area contributed by atoms with Crippen molar-refractivity contribution in [3.63, 3.8) is 0 Å². The smallest absolute Gasteiger partial charge is 0.311 e. The van der Waals surface area contributed by atoms with Crippen LogP contribution >= 0.6 is 0 Å². The van der Waals surface area contributed by atoms with Crippen LogP contribution < -0.4 is 0 Å². The normalized spacial score (nSPS) is 53.2. The number of ether oxygens (including phenoxy) is 2. The molecule has 9 atom stereocenters. The Balaban J connectivity index is 1.41. The maximum absolute atomic E-state index is 11.9. The van der Waals surface area contributed by atoms with E-state index in [1.165, 1.54) is 12.7 Å². The predicted molar refractivity (Wildman–Crippen MR) is 115 cm³/mol. The molecule has 7 nitrogen and oxygen atoms in total. The van der Waals surface area contributed by atoms with Gasteiger partial charge in [-0.3, -0.25) is 4.79 Å². The van der Waals surface area contributed by atoms with E-state index in [4.69, 9.17) is 29.0 Å². The van der Waals surface area contributed by atoms with Crippen LogP contribution in [0.1, 0.15) is 80.1 Å². The van der Waals surface area contributed by atoms with Crippen LogP contribution in [0.2, 0.25) is 0 Å². The Morgan fingerprint density at radius 1 is 1.12 bits per heavy atom. The fourth-order valence-electron chi connectivity index (χ4n) is 7.06. The monoisotopic (exact) mass is 450 g/mol. The summed E-state index contributed by atoms with van der Waals surface area (Å²) in [4.78, 5) is 35.9. The van der Waals surface area contributed by atoms with E-state index < -0.39 is 16.8 Å². The third-order valence-corrected chi connectivity index (χ3v) is 9.91. The fraction of sp³-hybridized carbons (Fsp3) is 0.880. The summed E-state index contributed by atoms with van der Waals surface area (Å²) in [5.41, 5.74) is -0.826. The van der Waals surface area contributed by atoms with Crippen LogP contribution in [0, 0.1) is 17.3 Å². The van der Waals surface area contributed by atoms with Crippen molar-refractivity contribution in [3.8, 4) is 0 Å². The summed E-state index contributed by atoms with van der Waals surface area (Å²) in [7, 11) is 1.40. The Kier molecular flexibility index (Phi) is 4.99. The van der Waals surface area contributed by atoms with Crippen molar-refractivity contribution in [1.29, 1.82) is 0 Å². The summed E-state index contributed by atoms with van der Waals surface area (Å²) in [5.74, 6) is -0.222. The lowest BCUT2D eigenvalue weighted by molar-refractivity contribution is -0.467. The van der Waals surface area contributed by atoms with Gasteiger partial charge in [0, 0.05) is 5.41 Å². The van der Waals surface area contributed by atoms with Gasteiger partial charge in [-0.1, -0.05) is 13.8 Å². The van der Waals surface area contributed by atoms with Crippen molar-refractivity contribution in [2.45, 2.75) is 115 Å². The van der Waals surface area contributed by atoms with Crippen LogP contribution in [0.5, 0.6) is 0 Å². The highest BCUT2D eigenvalue weighted by Gasteiger charge is 2.75. The lowest BCUT2D eigenvalue weighted by Crippen LogP contribution is -2.71. The molecule has 3 saturated heterocycles. The molecule has 0 unspecified atom stereocenters. The molecule has 1 saturated carbocycles. The van der Waals surface area contributed by atoms with Gasteiger partial charge in [-0.25, -0.2) is 19.6 Å². The molecule has 0 amide bonds. The van der Waals surface area contributed by atoms with Gasteiger partial charge in [0.05, 0.1) is 19.1 Å². The summed E-state index contributed by atoms with van der Waals surface area (Å²) in [5, 5.41) is 0. The molecule has 0 aromatic rings. The molecule has 0 radical (unpaired) electrons. The molecule has 0 N–H and O–H groups in total. The van der Waals surface area contributed by atoms with Crippen LogP contribution in [0.25, 0.3) is 0 Å². The minimum atomic E-state index is -0.603. The molecule has 180 valence electrons. The third kappa shape index (κ3) is 2.81.